The number of hydrogen-bond donors (Lipinski definition) is 1. The normalized spacial score (nSPS) is 16.5. The third-order valence-electron chi connectivity index (χ3n) is 7.72. The van der Waals surface area contributed by atoms with Crippen LogP contribution in [-0.4, -0.2) is 63.2 Å². The monoisotopic (exact) mass is 650 g/mol. The van der Waals surface area contributed by atoms with E-state index in [1.54, 1.807) is 28.7 Å². The molecular formula is C37H38N4O5S. The van der Waals surface area contributed by atoms with Crippen LogP contribution in [0.5, 0.6) is 5.75 Å². The molecular weight excluding hydrogens is 612 g/mol. The molecule has 0 aromatic heterocycles. The molecule has 9 nitrogen and oxygen atoms in total. The summed E-state index contributed by atoms with van der Waals surface area (Å²) in [5, 5.41) is -0.359. The number of carbonyl (C=O) groups excluding carboxylic acids is 3. The summed E-state index contributed by atoms with van der Waals surface area (Å²) in [6.07, 6.45) is 3.08. The van der Waals surface area contributed by atoms with Crippen LogP contribution < -0.4 is 20.3 Å². The Labute approximate surface area is 279 Å². The molecule has 47 heavy (non-hydrogen) atoms. The maximum Gasteiger partial charge on any atom is 0.323 e. The topological polar surface area (TPSA) is 105 Å². The number of esters is 1. The van der Waals surface area contributed by atoms with E-state index in [0.29, 0.717) is 13.1 Å². The number of benzene rings is 4. The second-order valence-corrected chi connectivity index (χ2v) is 12.4. The lowest BCUT2D eigenvalue weighted by molar-refractivity contribution is -0.152. The van der Waals surface area contributed by atoms with Crippen molar-refractivity contribution in [3.8, 4) is 5.75 Å². The summed E-state index contributed by atoms with van der Waals surface area (Å²) in [7, 11) is 5.54. The van der Waals surface area contributed by atoms with Gasteiger partial charge in [0.05, 0.1) is 29.4 Å². The minimum Gasteiger partial charge on any atom is -0.497 e. The zero-order valence-corrected chi connectivity index (χ0v) is 27.6. The zero-order valence-electron chi connectivity index (χ0n) is 26.8. The fourth-order valence-electron chi connectivity index (χ4n) is 5.45. The van der Waals surface area contributed by atoms with E-state index in [1.807, 2.05) is 128 Å². The maximum atomic E-state index is 13.6. The molecule has 6 rings (SSSR count). The number of hydrogen-bond acceptors (Lipinski definition) is 7. The Morgan fingerprint density at radius 1 is 0.830 bits per heavy atom. The summed E-state index contributed by atoms with van der Waals surface area (Å²) in [4.78, 5) is 43.5. The lowest BCUT2D eigenvalue weighted by atomic mass is 10.1. The number of fused-ring (bicyclic) bond motifs is 3. The van der Waals surface area contributed by atoms with E-state index in [-0.39, 0.29) is 11.2 Å². The van der Waals surface area contributed by atoms with Crippen molar-refractivity contribution >= 4 is 58.9 Å². The number of carbonyl (C=O) groups is 3. The Morgan fingerprint density at radius 2 is 1.38 bits per heavy atom. The number of para-hydroxylation sites is 3. The van der Waals surface area contributed by atoms with Gasteiger partial charge in [-0.1, -0.05) is 72.8 Å². The molecule has 3 amide bonds. The van der Waals surface area contributed by atoms with Gasteiger partial charge in [0.1, 0.15) is 5.75 Å². The summed E-state index contributed by atoms with van der Waals surface area (Å²) in [6.45, 7) is 2.55. The summed E-state index contributed by atoms with van der Waals surface area (Å²) < 4.78 is 10.8. The molecule has 4 aromatic rings. The van der Waals surface area contributed by atoms with Gasteiger partial charge in [-0.3, -0.25) is 14.5 Å². The molecule has 2 atom stereocenters. The summed E-state index contributed by atoms with van der Waals surface area (Å²) in [5.41, 5.74) is 10.9. The first-order valence-corrected chi connectivity index (χ1v) is 16.0. The molecule has 242 valence electrons. The molecule has 10 heteroatoms. The van der Waals surface area contributed by atoms with Gasteiger partial charge in [-0.15, -0.1) is 11.8 Å². The second-order valence-electron chi connectivity index (χ2n) is 11.2. The predicted octanol–water partition coefficient (Wildman–Crippen LogP) is 6.76. The molecule has 2 heterocycles. The number of urea groups is 1. The Bertz CT molecular complexity index is 1730. The molecule has 2 aliphatic rings. The van der Waals surface area contributed by atoms with Crippen LogP contribution in [0.25, 0.3) is 12.2 Å². The number of methoxy groups -OCH3 is 1. The van der Waals surface area contributed by atoms with Gasteiger partial charge in [0, 0.05) is 24.9 Å². The molecule has 2 aliphatic heterocycles. The minimum absolute atomic E-state index is 0.208. The zero-order chi connectivity index (χ0) is 33.5. The minimum atomic E-state index is -0.916. The molecule has 0 saturated heterocycles. The maximum absolute atomic E-state index is 13.6. The van der Waals surface area contributed by atoms with Crippen molar-refractivity contribution in [2.45, 2.75) is 23.2 Å². The van der Waals surface area contributed by atoms with Gasteiger partial charge >= 0.3 is 12.0 Å². The number of primary amides is 1. The molecule has 0 saturated carbocycles. The fraction of sp³-hybridized carbons (Fsp3) is 0.216. The van der Waals surface area contributed by atoms with Gasteiger partial charge in [0.25, 0.3) is 5.91 Å². The predicted molar refractivity (Wildman–Crippen MR) is 188 cm³/mol. The van der Waals surface area contributed by atoms with Crippen molar-refractivity contribution in [3.63, 3.8) is 0 Å². The standard InChI is InChI=1S/C22H26N2O4S.C15H12N2O/c1-15(25)28-20-21(16-9-11-17(27-4)12-10-16)29-19-8-6-5-7-18(19)24(22(20)26)14-13-23(2)3;16-15(18)17-13-7-3-1-5-11(13)9-10-12-6-2-4-8-14(12)17/h5-12,20-21H,13-14H2,1-4H3;1-10H,(H2,16,18)/t20-,21+;/m1./s1. The molecule has 4 aromatic carbocycles. The number of thioether (sulfide) groups is 1. The number of amides is 3. The highest BCUT2D eigenvalue weighted by molar-refractivity contribution is 7.99. The summed E-state index contributed by atoms with van der Waals surface area (Å²) in [5.74, 6) is 0.0528. The van der Waals surface area contributed by atoms with Gasteiger partial charge in [-0.25, -0.2) is 4.79 Å². The fourth-order valence-corrected chi connectivity index (χ4v) is 6.77. The smallest absolute Gasteiger partial charge is 0.323 e. The molecule has 0 unspecified atom stereocenters. The van der Waals surface area contributed by atoms with E-state index in [0.717, 1.165) is 44.4 Å². The highest BCUT2D eigenvalue weighted by atomic mass is 32.2. The summed E-state index contributed by atoms with van der Waals surface area (Å²) >= 11 is 1.54. The Kier molecular flexibility index (Phi) is 10.6. The van der Waals surface area contributed by atoms with Crippen LogP contribution in [0, 0.1) is 0 Å². The van der Waals surface area contributed by atoms with Crippen LogP contribution >= 0.6 is 11.8 Å². The Balaban J connectivity index is 0.000000205. The molecule has 0 spiro atoms. The number of anilines is 3. The molecule has 0 aliphatic carbocycles. The number of ether oxygens (including phenoxy) is 2. The second kappa shape index (κ2) is 15.0. The van der Waals surface area contributed by atoms with Crippen molar-refractivity contribution in [2.75, 3.05) is 44.1 Å². The molecule has 0 radical (unpaired) electrons. The lowest BCUT2D eigenvalue weighted by Crippen LogP contribution is -2.45. The largest absolute Gasteiger partial charge is 0.497 e. The van der Waals surface area contributed by atoms with Crippen molar-refractivity contribution in [2.24, 2.45) is 5.73 Å². The van der Waals surface area contributed by atoms with E-state index in [2.05, 4.69) is 0 Å². The van der Waals surface area contributed by atoms with Gasteiger partial charge in [0.15, 0.2) is 6.10 Å². The first kappa shape index (κ1) is 33.3. The average Bonchev–Trinajstić information content (AvgIpc) is 3.30. The number of nitrogens with two attached hydrogens (primary N) is 1. The van der Waals surface area contributed by atoms with Crippen molar-refractivity contribution in [1.29, 1.82) is 0 Å². The summed E-state index contributed by atoms with van der Waals surface area (Å²) in [6, 6.07) is 30.3. The van der Waals surface area contributed by atoms with Gasteiger partial charge in [-0.2, -0.15) is 0 Å². The highest BCUT2D eigenvalue weighted by Gasteiger charge is 2.40. The number of nitrogens with zero attached hydrogens (tertiary/aromatic N) is 3. The quantitative estimate of drug-likeness (QED) is 0.230. The van der Waals surface area contributed by atoms with Crippen LogP contribution in [0.1, 0.15) is 28.9 Å². The third-order valence-corrected chi connectivity index (χ3v) is 9.09. The van der Waals surface area contributed by atoms with Gasteiger partial charge < -0.3 is 25.0 Å². The number of rotatable bonds is 6. The molecule has 2 N–H and O–H groups in total. The number of likely N-dealkylation sites (N-methyl/N-ethyl adjacent to an activating group) is 1. The van der Waals surface area contributed by atoms with Crippen molar-refractivity contribution in [3.05, 3.63) is 114 Å². The van der Waals surface area contributed by atoms with E-state index >= 15 is 0 Å². The van der Waals surface area contributed by atoms with Gasteiger partial charge in [0.2, 0.25) is 0 Å². The Hall–Kier alpha value is -5.06. The van der Waals surface area contributed by atoms with Crippen LogP contribution in [-0.2, 0) is 14.3 Å². The SMILES string of the molecule is COc1ccc([C@@H]2Sc3ccccc3N(CCN(C)C)C(=O)[C@@H]2OC(C)=O)cc1.NC(=O)N1c2ccccc2C=Cc2ccccc21. The van der Waals surface area contributed by atoms with Crippen LogP contribution in [0.15, 0.2) is 102 Å². The van der Waals surface area contributed by atoms with Crippen LogP contribution in [0.2, 0.25) is 0 Å². The first-order valence-electron chi connectivity index (χ1n) is 15.2. The highest BCUT2D eigenvalue weighted by Crippen LogP contribution is 2.47. The van der Waals surface area contributed by atoms with E-state index in [9.17, 15) is 14.4 Å². The van der Waals surface area contributed by atoms with Crippen LogP contribution in [0.4, 0.5) is 21.9 Å². The average molecular weight is 651 g/mol. The van der Waals surface area contributed by atoms with Crippen LogP contribution in [0.3, 0.4) is 0 Å². The molecule has 0 bridgehead atoms. The van der Waals surface area contributed by atoms with E-state index in [1.165, 1.54) is 6.92 Å². The first-order chi connectivity index (χ1) is 22.7. The van der Waals surface area contributed by atoms with Crippen molar-refractivity contribution in [1.82, 2.24) is 4.90 Å². The lowest BCUT2D eigenvalue weighted by Gasteiger charge is -2.28. The van der Waals surface area contributed by atoms with E-state index < -0.39 is 18.1 Å². The van der Waals surface area contributed by atoms with Crippen molar-refractivity contribution < 1.29 is 23.9 Å². The van der Waals surface area contributed by atoms with Gasteiger partial charge in [-0.05, 0) is 67.2 Å². The van der Waals surface area contributed by atoms with E-state index in [4.69, 9.17) is 15.2 Å². The molecule has 0 fully saturated rings. The third kappa shape index (κ3) is 7.67. The Morgan fingerprint density at radius 3 is 1.91 bits per heavy atom.